The molecular formula is C10H20N4. The Morgan fingerprint density at radius 1 is 1.57 bits per heavy atom. The monoisotopic (exact) mass is 196 g/mol. The van der Waals surface area contributed by atoms with E-state index < -0.39 is 0 Å². The molecule has 4 nitrogen and oxygen atoms in total. The van der Waals surface area contributed by atoms with Crippen molar-refractivity contribution in [3.63, 3.8) is 0 Å². The van der Waals surface area contributed by atoms with Crippen molar-refractivity contribution in [3.05, 3.63) is 11.8 Å². The van der Waals surface area contributed by atoms with Crippen LogP contribution in [-0.4, -0.2) is 51.0 Å². The average molecular weight is 196 g/mol. The van der Waals surface area contributed by atoms with Crippen molar-refractivity contribution in [1.82, 2.24) is 15.5 Å². The first-order valence-corrected chi connectivity index (χ1v) is 5.06. The summed E-state index contributed by atoms with van der Waals surface area (Å²) in [6.45, 7) is 5.97. The Balaban J connectivity index is 2.35. The molecule has 1 aliphatic heterocycles. The maximum Gasteiger partial charge on any atom is 0.125 e. The van der Waals surface area contributed by atoms with Crippen molar-refractivity contribution >= 4 is 5.84 Å². The van der Waals surface area contributed by atoms with E-state index in [-0.39, 0.29) is 0 Å². The number of rotatable bonds is 5. The van der Waals surface area contributed by atoms with Crippen LogP contribution in [0, 0.1) is 0 Å². The number of aliphatic imine (C=N–C) groups is 1. The van der Waals surface area contributed by atoms with Gasteiger partial charge in [0.2, 0.25) is 0 Å². The SMILES string of the molecule is CNCCNC(C)=CC1=NCCN1C. The molecule has 0 unspecified atom stereocenters. The fourth-order valence-corrected chi connectivity index (χ4v) is 1.33. The second-order valence-corrected chi connectivity index (χ2v) is 3.52. The highest BCUT2D eigenvalue weighted by Gasteiger charge is 2.09. The van der Waals surface area contributed by atoms with E-state index in [0.29, 0.717) is 0 Å². The van der Waals surface area contributed by atoms with Gasteiger partial charge in [0.1, 0.15) is 5.84 Å². The van der Waals surface area contributed by atoms with Gasteiger partial charge in [0.25, 0.3) is 0 Å². The van der Waals surface area contributed by atoms with E-state index in [4.69, 9.17) is 0 Å². The molecule has 0 bridgehead atoms. The van der Waals surface area contributed by atoms with Gasteiger partial charge < -0.3 is 15.5 Å². The zero-order chi connectivity index (χ0) is 10.4. The van der Waals surface area contributed by atoms with Gasteiger partial charge >= 0.3 is 0 Å². The molecule has 4 heteroatoms. The summed E-state index contributed by atoms with van der Waals surface area (Å²) >= 11 is 0. The number of hydrogen-bond donors (Lipinski definition) is 2. The van der Waals surface area contributed by atoms with Crippen molar-refractivity contribution in [1.29, 1.82) is 0 Å². The number of amidine groups is 1. The highest BCUT2D eigenvalue weighted by Crippen LogP contribution is 2.00. The van der Waals surface area contributed by atoms with Crippen LogP contribution in [0.5, 0.6) is 0 Å². The minimum absolute atomic E-state index is 0.923. The third kappa shape index (κ3) is 3.38. The van der Waals surface area contributed by atoms with Crippen molar-refractivity contribution < 1.29 is 0 Å². The summed E-state index contributed by atoms with van der Waals surface area (Å²) in [6, 6.07) is 0. The predicted molar refractivity (Wildman–Crippen MR) is 60.6 cm³/mol. The highest BCUT2D eigenvalue weighted by molar-refractivity contribution is 5.94. The van der Waals surface area contributed by atoms with Gasteiger partial charge in [0.05, 0.1) is 6.54 Å². The molecule has 1 rings (SSSR count). The highest BCUT2D eigenvalue weighted by atomic mass is 15.2. The lowest BCUT2D eigenvalue weighted by molar-refractivity contribution is 0.557. The Morgan fingerprint density at radius 3 is 2.93 bits per heavy atom. The number of allylic oxidation sites excluding steroid dienone is 1. The summed E-state index contributed by atoms with van der Waals surface area (Å²) in [6.07, 6.45) is 2.10. The van der Waals surface area contributed by atoms with Crippen LogP contribution in [0.25, 0.3) is 0 Å². The van der Waals surface area contributed by atoms with Gasteiger partial charge in [-0.2, -0.15) is 0 Å². The second kappa shape index (κ2) is 5.65. The lowest BCUT2D eigenvalue weighted by Gasteiger charge is -2.12. The van der Waals surface area contributed by atoms with E-state index in [1.165, 1.54) is 5.70 Å². The lowest BCUT2D eigenvalue weighted by atomic mass is 10.4. The van der Waals surface area contributed by atoms with E-state index in [9.17, 15) is 0 Å². The van der Waals surface area contributed by atoms with E-state index in [1.807, 2.05) is 7.05 Å². The van der Waals surface area contributed by atoms with Gasteiger partial charge in [-0.3, -0.25) is 4.99 Å². The Morgan fingerprint density at radius 2 is 2.36 bits per heavy atom. The Kier molecular flexibility index (Phi) is 4.46. The summed E-state index contributed by atoms with van der Waals surface area (Å²) in [5.41, 5.74) is 1.17. The molecule has 0 radical (unpaired) electrons. The Labute approximate surface area is 86.1 Å². The van der Waals surface area contributed by atoms with Crippen LogP contribution in [0.15, 0.2) is 16.8 Å². The van der Waals surface area contributed by atoms with Gasteiger partial charge in [-0.25, -0.2) is 0 Å². The van der Waals surface area contributed by atoms with Crippen LogP contribution >= 0.6 is 0 Å². The average Bonchev–Trinajstić information content (AvgIpc) is 2.52. The van der Waals surface area contributed by atoms with Crippen molar-refractivity contribution in [2.24, 2.45) is 4.99 Å². The zero-order valence-electron chi connectivity index (χ0n) is 9.30. The third-order valence-corrected chi connectivity index (χ3v) is 2.22. The molecule has 0 aromatic heterocycles. The summed E-state index contributed by atoms with van der Waals surface area (Å²) in [5, 5.41) is 6.42. The molecule has 0 saturated heterocycles. The molecule has 0 aliphatic carbocycles. The molecule has 0 amide bonds. The summed E-state index contributed by atoms with van der Waals surface area (Å²) in [7, 11) is 4.03. The number of hydrogen-bond acceptors (Lipinski definition) is 4. The largest absolute Gasteiger partial charge is 0.387 e. The summed E-state index contributed by atoms with van der Waals surface area (Å²) in [4.78, 5) is 6.57. The predicted octanol–water partition coefficient (Wildman–Crippen LogP) is 0.0431. The van der Waals surface area contributed by atoms with Crippen LogP contribution in [0.3, 0.4) is 0 Å². The third-order valence-electron chi connectivity index (χ3n) is 2.22. The standard InChI is InChI=1S/C10H20N4/c1-9(12-5-4-11-2)8-10-13-6-7-14(10)3/h8,11-12H,4-7H2,1-3H3. The van der Waals surface area contributed by atoms with Crippen LogP contribution in [-0.2, 0) is 0 Å². The number of nitrogens with zero attached hydrogens (tertiary/aromatic N) is 2. The van der Waals surface area contributed by atoms with E-state index in [1.54, 1.807) is 0 Å². The molecule has 14 heavy (non-hydrogen) atoms. The maximum absolute atomic E-state index is 4.40. The molecule has 1 heterocycles. The molecule has 0 fully saturated rings. The van der Waals surface area contributed by atoms with Crippen LogP contribution in [0.2, 0.25) is 0 Å². The summed E-state index contributed by atoms with van der Waals surface area (Å²) in [5.74, 6) is 1.08. The molecular weight excluding hydrogens is 176 g/mol. The van der Waals surface area contributed by atoms with E-state index in [0.717, 1.165) is 32.0 Å². The lowest BCUT2D eigenvalue weighted by Crippen LogP contribution is -2.26. The fraction of sp³-hybridized carbons (Fsp3) is 0.700. The van der Waals surface area contributed by atoms with E-state index in [2.05, 4.69) is 40.6 Å². The molecule has 0 aromatic carbocycles. The molecule has 0 spiro atoms. The first-order valence-electron chi connectivity index (χ1n) is 5.06. The zero-order valence-corrected chi connectivity index (χ0v) is 9.30. The Hall–Kier alpha value is -1.03. The normalized spacial score (nSPS) is 17.2. The smallest absolute Gasteiger partial charge is 0.125 e. The molecule has 0 aromatic rings. The molecule has 80 valence electrons. The minimum Gasteiger partial charge on any atom is -0.387 e. The van der Waals surface area contributed by atoms with Gasteiger partial charge in [0.15, 0.2) is 0 Å². The number of likely N-dealkylation sites (N-methyl/N-ethyl adjacent to an activating group) is 2. The van der Waals surface area contributed by atoms with Crippen LogP contribution in [0.4, 0.5) is 0 Å². The molecule has 1 aliphatic rings. The van der Waals surface area contributed by atoms with Crippen LogP contribution < -0.4 is 10.6 Å². The van der Waals surface area contributed by atoms with Gasteiger partial charge in [-0.15, -0.1) is 0 Å². The fourth-order valence-electron chi connectivity index (χ4n) is 1.33. The number of nitrogens with one attached hydrogen (secondary N) is 2. The van der Waals surface area contributed by atoms with Crippen LogP contribution in [0.1, 0.15) is 6.92 Å². The van der Waals surface area contributed by atoms with Gasteiger partial charge in [-0.1, -0.05) is 0 Å². The first kappa shape index (κ1) is 11.0. The Bertz CT molecular complexity index is 232. The van der Waals surface area contributed by atoms with E-state index >= 15 is 0 Å². The first-order chi connectivity index (χ1) is 6.74. The quantitative estimate of drug-likeness (QED) is 0.610. The van der Waals surface area contributed by atoms with Gasteiger partial charge in [0, 0.05) is 32.4 Å². The molecule has 2 N–H and O–H groups in total. The molecule has 0 saturated carbocycles. The minimum atomic E-state index is 0.923. The molecule has 0 atom stereocenters. The van der Waals surface area contributed by atoms with Crippen molar-refractivity contribution in [3.8, 4) is 0 Å². The second-order valence-electron chi connectivity index (χ2n) is 3.52. The summed E-state index contributed by atoms with van der Waals surface area (Å²) < 4.78 is 0. The van der Waals surface area contributed by atoms with Crippen molar-refractivity contribution in [2.75, 3.05) is 40.3 Å². The maximum atomic E-state index is 4.40. The topological polar surface area (TPSA) is 39.7 Å². The van der Waals surface area contributed by atoms with Crippen molar-refractivity contribution in [2.45, 2.75) is 6.92 Å². The van der Waals surface area contributed by atoms with Gasteiger partial charge in [-0.05, 0) is 20.0 Å².